The van der Waals surface area contributed by atoms with Crippen molar-refractivity contribution in [3.8, 4) is 5.75 Å². The minimum absolute atomic E-state index is 0.455. The van der Waals surface area contributed by atoms with Gasteiger partial charge in [-0.25, -0.2) is 0 Å². The van der Waals surface area contributed by atoms with Gasteiger partial charge in [-0.3, -0.25) is 0 Å². The van der Waals surface area contributed by atoms with Crippen molar-refractivity contribution < 1.29 is 4.74 Å². The van der Waals surface area contributed by atoms with Crippen LogP contribution in [0.25, 0.3) is 0 Å². The van der Waals surface area contributed by atoms with E-state index in [1.807, 2.05) is 0 Å². The van der Waals surface area contributed by atoms with E-state index >= 15 is 0 Å². The summed E-state index contributed by atoms with van der Waals surface area (Å²) in [5.41, 5.74) is 0. The van der Waals surface area contributed by atoms with Crippen LogP contribution in [0.3, 0.4) is 0 Å². The molecule has 0 aliphatic carbocycles. The number of hydrogen-bond acceptors (Lipinski definition) is 2. The first kappa shape index (κ1) is 16.9. The molecule has 0 saturated carbocycles. The summed E-state index contributed by atoms with van der Waals surface area (Å²) in [7, 11) is 0. The second-order valence-electron chi connectivity index (χ2n) is 4.35. The first-order valence-corrected chi connectivity index (χ1v) is 7.72. The van der Waals surface area contributed by atoms with Gasteiger partial charge in [-0.15, -0.1) is 0 Å². The zero-order valence-electron chi connectivity index (χ0n) is 11.3. The van der Waals surface area contributed by atoms with E-state index in [1.165, 1.54) is 0 Å². The average molecular weight is 325 g/mol. The number of benzene rings is 1. The van der Waals surface area contributed by atoms with Crippen LogP contribution in [0.2, 0.25) is 15.1 Å². The Labute approximate surface area is 130 Å². The van der Waals surface area contributed by atoms with Crippen LogP contribution in [0.15, 0.2) is 12.1 Å². The molecule has 0 aliphatic rings. The standard InChI is InChI=1S/C14H20Cl3NO/c1-3-11(18-4-2)6-5-7-19-14-12(16)8-10(15)9-13(14)17/h8-9,11,18H,3-7H2,1-2H3. The smallest absolute Gasteiger partial charge is 0.156 e. The molecule has 5 heteroatoms. The molecule has 0 saturated heterocycles. The number of ether oxygens (including phenoxy) is 1. The third-order valence-corrected chi connectivity index (χ3v) is 3.67. The molecule has 0 amide bonds. The van der Waals surface area contributed by atoms with Crippen molar-refractivity contribution in [2.75, 3.05) is 13.2 Å². The Kier molecular flexibility index (Phi) is 7.93. The lowest BCUT2D eigenvalue weighted by Gasteiger charge is -2.16. The molecule has 108 valence electrons. The van der Waals surface area contributed by atoms with Gasteiger partial charge in [0.15, 0.2) is 5.75 Å². The third-order valence-electron chi connectivity index (χ3n) is 2.89. The molecule has 1 aromatic rings. The van der Waals surface area contributed by atoms with Crippen molar-refractivity contribution in [1.82, 2.24) is 5.32 Å². The van der Waals surface area contributed by atoms with Gasteiger partial charge in [-0.2, -0.15) is 0 Å². The van der Waals surface area contributed by atoms with Gasteiger partial charge >= 0.3 is 0 Å². The number of halogens is 3. The summed E-state index contributed by atoms with van der Waals surface area (Å²) < 4.78 is 5.65. The molecule has 1 rings (SSSR count). The highest BCUT2D eigenvalue weighted by Crippen LogP contribution is 2.35. The zero-order valence-corrected chi connectivity index (χ0v) is 13.6. The summed E-state index contributed by atoms with van der Waals surface area (Å²) in [6.45, 7) is 5.89. The van der Waals surface area contributed by atoms with E-state index in [9.17, 15) is 0 Å². The third kappa shape index (κ3) is 5.78. The summed E-state index contributed by atoms with van der Waals surface area (Å²) >= 11 is 17.9. The maximum atomic E-state index is 6.05. The molecule has 1 unspecified atom stereocenters. The van der Waals surface area contributed by atoms with E-state index in [0.29, 0.717) is 33.5 Å². The van der Waals surface area contributed by atoms with Crippen LogP contribution >= 0.6 is 34.8 Å². The molecular weight excluding hydrogens is 305 g/mol. The van der Waals surface area contributed by atoms with Gasteiger partial charge in [-0.05, 0) is 37.9 Å². The van der Waals surface area contributed by atoms with Crippen LogP contribution in [0, 0.1) is 0 Å². The van der Waals surface area contributed by atoms with Crippen molar-refractivity contribution in [1.29, 1.82) is 0 Å². The largest absolute Gasteiger partial charge is 0.490 e. The first-order valence-electron chi connectivity index (χ1n) is 6.59. The number of nitrogens with one attached hydrogen (secondary N) is 1. The highest BCUT2D eigenvalue weighted by molar-refractivity contribution is 6.40. The Morgan fingerprint density at radius 1 is 1.16 bits per heavy atom. The molecule has 0 radical (unpaired) electrons. The minimum atomic E-state index is 0.455. The average Bonchev–Trinajstić information content (AvgIpc) is 2.35. The highest BCUT2D eigenvalue weighted by atomic mass is 35.5. The molecule has 0 heterocycles. The second-order valence-corrected chi connectivity index (χ2v) is 5.60. The Morgan fingerprint density at radius 2 is 1.79 bits per heavy atom. The van der Waals surface area contributed by atoms with Gasteiger partial charge in [0, 0.05) is 11.1 Å². The maximum absolute atomic E-state index is 6.05. The predicted octanol–water partition coefficient (Wildman–Crippen LogP) is 5.19. The lowest BCUT2D eigenvalue weighted by molar-refractivity contribution is 0.295. The Morgan fingerprint density at radius 3 is 2.32 bits per heavy atom. The molecule has 0 fully saturated rings. The number of hydrogen-bond donors (Lipinski definition) is 1. The van der Waals surface area contributed by atoms with Crippen molar-refractivity contribution in [3.05, 3.63) is 27.2 Å². The summed E-state index contributed by atoms with van der Waals surface area (Å²) in [4.78, 5) is 0. The Balaban J connectivity index is 2.41. The highest BCUT2D eigenvalue weighted by Gasteiger charge is 2.10. The van der Waals surface area contributed by atoms with E-state index in [0.717, 1.165) is 25.8 Å². The van der Waals surface area contributed by atoms with Gasteiger partial charge < -0.3 is 10.1 Å². The maximum Gasteiger partial charge on any atom is 0.156 e. The SMILES string of the molecule is CCNC(CC)CCCOc1c(Cl)cc(Cl)cc1Cl. The van der Waals surface area contributed by atoms with E-state index in [4.69, 9.17) is 39.5 Å². The van der Waals surface area contributed by atoms with Crippen LogP contribution in [0.1, 0.15) is 33.1 Å². The quantitative estimate of drug-likeness (QED) is 0.664. The van der Waals surface area contributed by atoms with Crippen LogP contribution < -0.4 is 10.1 Å². The van der Waals surface area contributed by atoms with E-state index < -0.39 is 0 Å². The molecule has 0 aromatic heterocycles. The fourth-order valence-electron chi connectivity index (χ4n) is 1.91. The van der Waals surface area contributed by atoms with Crippen LogP contribution in [0.4, 0.5) is 0 Å². The first-order chi connectivity index (χ1) is 9.08. The lowest BCUT2D eigenvalue weighted by atomic mass is 10.1. The van der Waals surface area contributed by atoms with Crippen LogP contribution in [-0.2, 0) is 0 Å². The number of rotatable bonds is 8. The van der Waals surface area contributed by atoms with Gasteiger partial charge in [0.1, 0.15) is 0 Å². The fraction of sp³-hybridized carbons (Fsp3) is 0.571. The Hall–Kier alpha value is -0.150. The van der Waals surface area contributed by atoms with E-state index in [1.54, 1.807) is 12.1 Å². The zero-order chi connectivity index (χ0) is 14.3. The summed E-state index contributed by atoms with van der Waals surface area (Å²) in [5, 5.41) is 4.86. The lowest BCUT2D eigenvalue weighted by Crippen LogP contribution is -2.28. The summed E-state index contributed by atoms with van der Waals surface area (Å²) in [5.74, 6) is 0.518. The molecule has 1 aromatic carbocycles. The van der Waals surface area contributed by atoms with Crippen molar-refractivity contribution in [2.45, 2.75) is 39.2 Å². The molecule has 0 spiro atoms. The van der Waals surface area contributed by atoms with Crippen molar-refractivity contribution in [3.63, 3.8) is 0 Å². The fourth-order valence-corrected chi connectivity index (χ4v) is 2.84. The van der Waals surface area contributed by atoms with Crippen LogP contribution in [0.5, 0.6) is 5.75 Å². The molecule has 0 bridgehead atoms. The predicted molar refractivity (Wildman–Crippen MR) is 84.0 cm³/mol. The molecule has 1 atom stereocenters. The molecular formula is C14H20Cl3NO. The minimum Gasteiger partial charge on any atom is -0.490 e. The van der Waals surface area contributed by atoms with E-state index in [2.05, 4.69) is 19.2 Å². The molecule has 2 nitrogen and oxygen atoms in total. The summed E-state index contributed by atoms with van der Waals surface area (Å²) in [6.07, 6.45) is 3.16. The van der Waals surface area contributed by atoms with Crippen LogP contribution in [-0.4, -0.2) is 19.2 Å². The van der Waals surface area contributed by atoms with Gasteiger partial charge in [0.05, 0.1) is 16.7 Å². The summed E-state index contributed by atoms with van der Waals surface area (Å²) in [6, 6.07) is 3.82. The molecule has 1 N–H and O–H groups in total. The topological polar surface area (TPSA) is 21.3 Å². The van der Waals surface area contributed by atoms with E-state index in [-0.39, 0.29) is 0 Å². The normalized spacial score (nSPS) is 12.5. The Bertz CT molecular complexity index is 375. The second kappa shape index (κ2) is 8.91. The van der Waals surface area contributed by atoms with Crippen molar-refractivity contribution in [2.24, 2.45) is 0 Å². The van der Waals surface area contributed by atoms with Gasteiger partial charge in [0.25, 0.3) is 0 Å². The molecule has 0 aliphatic heterocycles. The molecule has 19 heavy (non-hydrogen) atoms. The monoisotopic (exact) mass is 323 g/mol. The van der Waals surface area contributed by atoms with Crippen molar-refractivity contribution >= 4 is 34.8 Å². The van der Waals surface area contributed by atoms with Gasteiger partial charge in [-0.1, -0.05) is 48.7 Å². The van der Waals surface area contributed by atoms with Gasteiger partial charge in [0.2, 0.25) is 0 Å².